The standard InChI is InChI=1S/C19H13Cl2F3N2O3/c1-10-5-6-14-13(7-10)15(25-29-18(28)16(20)21)17(27)26(14)9-11-3-2-4-12(8-11)19(22,23)24/h2-8,16H,9H2,1H3/b25-15-. The summed E-state index contributed by atoms with van der Waals surface area (Å²) >= 11 is 10.8. The fourth-order valence-electron chi connectivity index (χ4n) is 2.83. The van der Waals surface area contributed by atoms with E-state index in [4.69, 9.17) is 23.2 Å². The molecular formula is C19H13Cl2F3N2O3. The van der Waals surface area contributed by atoms with E-state index in [1.54, 1.807) is 25.1 Å². The van der Waals surface area contributed by atoms with E-state index in [-0.39, 0.29) is 17.8 Å². The maximum absolute atomic E-state index is 13.0. The number of halogens is 5. The molecule has 2 aromatic carbocycles. The maximum Gasteiger partial charge on any atom is 0.416 e. The number of hydrogen-bond donors (Lipinski definition) is 0. The van der Waals surface area contributed by atoms with Crippen molar-refractivity contribution in [3.63, 3.8) is 0 Å². The van der Waals surface area contributed by atoms with Crippen LogP contribution in [0.15, 0.2) is 47.6 Å². The Morgan fingerprint density at radius 1 is 1.21 bits per heavy atom. The van der Waals surface area contributed by atoms with Gasteiger partial charge in [0, 0.05) is 5.56 Å². The molecular weight excluding hydrogens is 432 g/mol. The van der Waals surface area contributed by atoms with Crippen molar-refractivity contribution in [3.8, 4) is 0 Å². The van der Waals surface area contributed by atoms with Crippen LogP contribution in [-0.4, -0.2) is 22.4 Å². The van der Waals surface area contributed by atoms with Gasteiger partial charge in [-0.25, -0.2) is 4.79 Å². The number of carbonyl (C=O) groups is 2. The number of carbonyl (C=O) groups excluding carboxylic acids is 2. The Morgan fingerprint density at radius 3 is 2.59 bits per heavy atom. The van der Waals surface area contributed by atoms with E-state index >= 15 is 0 Å². The lowest BCUT2D eigenvalue weighted by Crippen LogP contribution is -2.30. The lowest BCUT2D eigenvalue weighted by atomic mass is 10.1. The number of benzene rings is 2. The van der Waals surface area contributed by atoms with Crippen molar-refractivity contribution in [3.05, 3.63) is 64.7 Å². The van der Waals surface area contributed by atoms with Gasteiger partial charge in [-0.05, 0) is 36.8 Å². The Balaban J connectivity index is 1.96. The van der Waals surface area contributed by atoms with Crippen LogP contribution in [-0.2, 0) is 27.1 Å². The van der Waals surface area contributed by atoms with Crippen LogP contribution < -0.4 is 4.90 Å². The van der Waals surface area contributed by atoms with Gasteiger partial charge in [0.05, 0.1) is 17.8 Å². The highest BCUT2D eigenvalue weighted by molar-refractivity contribution is 6.55. The summed E-state index contributed by atoms with van der Waals surface area (Å²) in [6, 6.07) is 9.73. The topological polar surface area (TPSA) is 59.0 Å². The van der Waals surface area contributed by atoms with Crippen molar-refractivity contribution in [2.75, 3.05) is 4.90 Å². The molecule has 1 aliphatic heterocycles. The molecule has 0 unspecified atom stereocenters. The fourth-order valence-corrected chi connectivity index (χ4v) is 2.91. The van der Waals surface area contributed by atoms with Crippen molar-refractivity contribution in [1.82, 2.24) is 0 Å². The van der Waals surface area contributed by atoms with Gasteiger partial charge < -0.3 is 9.74 Å². The Hall–Kier alpha value is -2.58. The highest BCUT2D eigenvalue weighted by atomic mass is 35.5. The average Bonchev–Trinajstić information content (AvgIpc) is 2.90. The highest BCUT2D eigenvalue weighted by Crippen LogP contribution is 2.33. The van der Waals surface area contributed by atoms with Crippen LogP contribution in [0.1, 0.15) is 22.3 Å². The minimum atomic E-state index is -4.50. The number of fused-ring (bicyclic) bond motifs is 1. The SMILES string of the molecule is Cc1ccc2c(c1)/C(=N/OC(=O)C(Cl)Cl)C(=O)N2Cc1cccc(C(F)(F)F)c1. The number of nitrogens with zero attached hydrogens (tertiary/aromatic N) is 2. The number of anilines is 1. The third kappa shape index (κ3) is 4.54. The van der Waals surface area contributed by atoms with E-state index in [9.17, 15) is 22.8 Å². The van der Waals surface area contributed by atoms with Gasteiger partial charge in [0.1, 0.15) is 0 Å². The summed E-state index contributed by atoms with van der Waals surface area (Å²) in [5.74, 6) is -1.68. The van der Waals surface area contributed by atoms with Crippen LogP contribution >= 0.6 is 23.2 Å². The first kappa shape index (κ1) is 21.1. The van der Waals surface area contributed by atoms with E-state index < -0.39 is 28.5 Å². The normalized spacial score (nSPS) is 15.2. The van der Waals surface area contributed by atoms with Gasteiger partial charge in [0.2, 0.25) is 4.84 Å². The Kier molecular flexibility index (Phi) is 5.86. The third-order valence-corrected chi connectivity index (χ3v) is 4.50. The molecule has 0 fully saturated rings. The van der Waals surface area contributed by atoms with E-state index in [2.05, 4.69) is 9.99 Å². The number of oxime groups is 1. The third-order valence-electron chi connectivity index (χ3n) is 4.15. The summed E-state index contributed by atoms with van der Waals surface area (Å²) < 4.78 is 38.9. The predicted octanol–water partition coefficient (Wildman–Crippen LogP) is 4.61. The van der Waals surface area contributed by atoms with E-state index in [1.807, 2.05) is 0 Å². The lowest BCUT2D eigenvalue weighted by molar-refractivity contribution is -0.141. The number of alkyl halides is 5. The molecule has 3 rings (SSSR count). The molecule has 0 aromatic heterocycles. The zero-order valence-electron chi connectivity index (χ0n) is 14.8. The number of hydrogen-bond acceptors (Lipinski definition) is 4. The molecule has 0 atom stereocenters. The number of rotatable bonds is 4. The van der Waals surface area contributed by atoms with Crippen LogP contribution in [0.4, 0.5) is 18.9 Å². The minimum absolute atomic E-state index is 0.126. The quantitative estimate of drug-likeness (QED) is 0.393. The van der Waals surface area contributed by atoms with Crippen LogP contribution in [0.25, 0.3) is 0 Å². The van der Waals surface area contributed by atoms with Crippen molar-refractivity contribution >= 4 is 46.5 Å². The first-order valence-corrected chi connectivity index (χ1v) is 9.11. The van der Waals surface area contributed by atoms with Gasteiger partial charge in [0.15, 0.2) is 5.71 Å². The maximum atomic E-state index is 13.0. The molecule has 5 nitrogen and oxygen atoms in total. The second-order valence-corrected chi connectivity index (χ2v) is 7.36. The molecule has 0 bridgehead atoms. The monoisotopic (exact) mass is 444 g/mol. The van der Waals surface area contributed by atoms with Gasteiger partial charge >= 0.3 is 12.1 Å². The zero-order chi connectivity index (χ0) is 21.3. The van der Waals surface area contributed by atoms with E-state index in [1.165, 1.54) is 17.0 Å². The fraction of sp³-hybridized carbons (Fsp3) is 0.211. The van der Waals surface area contributed by atoms with Gasteiger partial charge in [0.25, 0.3) is 5.91 Å². The molecule has 0 radical (unpaired) electrons. The molecule has 0 saturated heterocycles. The molecule has 1 heterocycles. The Bertz CT molecular complexity index is 1010. The summed E-state index contributed by atoms with van der Waals surface area (Å²) in [5.41, 5.74) is 0.919. The largest absolute Gasteiger partial charge is 0.416 e. The molecule has 0 N–H and O–H groups in total. The van der Waals surface area contributed by atoms with Crippen molar-refractivity contribution in [1.29, 1.82) is 0 Å². The average molecular weight is 445 g/mol. The van der Waals surface area contributed by atoms with Gasteiger partial charge in [-0.2, -0.15) is 13.2 Å². The van der Waals surface area contributed by atoms with Crippen LogP contribution in [0, 0.1) is 6.92 Å². The van der Waals surface area contributed by atoms with E-state index in [0.717, 1.165) is 17.7 Å². The minimum Gasteiger partial charge on any atom is -0.314 e. The van der Waals surface area contributed by atoms with Crippen molar-refractivity contribution < 1.29 is 27.6 Å². The smallest absolute Gasteiger partial charge is 0.314 e. The van der Waals surface area contributed by atoms with Crippen molar-refractivity contribution in [2.24, 2.45) is 5.16 Å². The summed E-state index contributed by atoms with van der Waals surface area (Å²) in [6.07, 6.45) is -4.50. The second kappa shape index (κ2) is 8.04. The Morgan fingerprint density at radius 2 is 1.93 bits per heavy atom. The molecule has 0 aliphatic carbocycles. The second-order valence-electron chi connectivity index (χ2n) is 6.26. The predicted molar refractivity (Wildman–Crippen MR) is 102 cm³/mol. The van der Waals surface area contributed by atoms with Gasteiger partial charge in [-0.15, -0.1) is 0 Å². The van der Waals surface area contributed by atoms with Crippen molar-refractivity contribution in [2.45, 2.75) is 24.5 Å². The number of amides is 1. The first-order chi connectivity index (χ1) is 13.6. The lowest BCUT2D eigenvalue weighted by Gasteiger charge is -2.18. The zero-order valence-corrected chi connectivity index (χ0v) is 16.3. The first-order valence-electron chi connectivity index (χ1n) is 8.24. The molecule has 10 heteroatoms. The van der Waals surface area contributed by atoms with Crippen LogP contribution in [0.5, 0.6) is 0 Å². The highest BCUT2D eigenvalue weighted by Gasteiger charge is 2.36. The number of aryl methyl sites for hydroxylation is 1. The van der Waals surface area contributed by atoms with Crippen LogP contribution in [0.3, 0.4) is 0 Å². The molecule has 2 aromatic rings. The van der Waals surface area contributed by atoms with Crippen LogP contribution in [0.2, 0.25) is 0 Å². The summed E-state index contributed by atoms with van der Waals surface area (Å²) in [4.78, 5) is 28.7. The van der Waals surface area contributed by atoms with Gasteiger partial charge in [-0.1, -0.05) is 52.1 Å². The Labute approximate surface area is 173 Å². The van der Waals surface area contributed by atoms with Gasteiger partial charge in [-0.3, -0.25) is 4.79 Å². The molecule has 1 aliphatic rings. The molecule has 1 amide bonds. The molecule has 152 valence electrons. The summed E-state index contributed by atoms with van der Waals surface area (Å²) in [6.45, 7) is 1.66. The molecule has 0 spiro atoms. The van der Waals surface area contributed by atoms with E-state index in [0.29, 0.717) is 11.3 Å². The summed E-state index contributed by atoms with van der Waals surface area (Å²) in [5, 5.41) is 3.58. The molecule has 0 saturated carbocycles. The molecule has 29 heavy (non-hydrogen) atoms. The summed E-state index contributed by atoms with van der Waals surface area (Å²) in [7, 11) is 0.